The smallest absolute Gasteiger partial charge is 0.128 e. The first kappa shape index (κ1) is 10.5. The zero-order chi connectivity index (χ0) is 10.8. The number of hydrogen-bond donors (Lipinski definition) is 3. The summed E-state index contributed by atoms with van der Waals surface area (Å²) in [5.41, 5.74) is 5.93. The van der Waals surface area contributed by atoms with E-state index in [1.807, 2.05) is 0 Å². The molecule has 0 radical (unpaired) electrons. The van der Waals surface area contributed by atoms with E-state index in [9.17, 15) is 8.78 Å². The molecule has 1 aliphatic rings. The van der Waals surface area contributed by atoms with Gasteiger partial charge in [0.1, 0.15) is 11.6 Å². The third-order valence-electron chi connectivity index (χ3n) is 2.54. The molecule has 0 aliphatic carbocycles. The molecule has 0 amide bonds. The summed E-state index contributed by atoms with van der Waals surface area (Å²) in [6, 6.07) is 2.97. The Morgan fingerprint density at radius 2 is 2.13 bits per heavy atom. The van der Waals surface area contributed by atoms with Crippen molar-refractivity contribution in [2.24, 2.45) is 0 Å². The van der Waals surface area contributed by atoms with Crippen molar-refractivity contribution >= 4 is 0 Å². The van der Waals surface area contributed by atoms with Crippen molar-refractivity contribution in [1.29, 1.82) is 0 Å². The van der Waals surface area contributed by atoms with Crippen molar-refractivity contribution in [3.8, 4) is 0 Å². The Morgan fingerprint density at radius 3 is 2.80 bits per heavy atom. The lowest BCUT2D eigenvalue weighted by atomic mass is 10.0. The highest BCUT2D eigenvalue weighted by atomic mass is 19.1. The Labute approximate surface area is 86.1 Å². The van der Waals surface area contributed by atoms with E-state index in [1.165, 1.54) is 6.07 Å². The van der Waals surface area contributed by atoms with Gasteiger partial charge in [0.15, 0.2) is 0 Å². The minimum Gasteiger partial charge on any atom is -0.395 e. The monoisotopic (exact) mass is 214 g/mol. The molecule has 1 saturated heterocycles. The van der Waals surface area contributed by atoms with Gasteiger partial charge < -0.3 is 5.11 Å². The van der Waals surface area contributed by atoms with Crippen LogP contribution in [0.1, 0.15) is 18.0 Å². The molecule has 0 spiro atoms. The van der Waals surface area contributed by atoms with Crippen molar-refractivity contribution < 1.29 is 13.9 Å². The van der Waals surface area contributed by atoms with Gasteiger partial charge in [-0.1, -0.05) is 0 Å². The van der Waals surface area contributed by atoms with Gasteiger partial charge in [0, 0.05) is 11.6 Å². The molecular formula is C10H12F2N2O. The number of aliphatic hydroxyl groups excluding tert-OH is 1. The van der Waals surface area contributed by atoms with Crippen LogP contribution in [0.2, 0.25) is 0 Å². The molecule has 1 aromatic rings. The maximum Gasteiger partial charge on any atom is 0.128 e. The minimum absolute atomic E-state index is 0.0273. The first-order valence-electron chi connectivity index (χ1n) is 4.77. The van der Waals surface area contributed by atoms with E-state index in [2.05, 4.69) is 10.9 Å². The summed E-state index contributed by atoms with van der Waals surface area (Å²) in [7, 11) is 0. The van der Waals surface area contributed by atoms with Crippen molar-refractivity contribution in [3.63, 3.8) is 0 Å². The maximum atomic E-state index is 13.4. The molecule has 15 heavy (non-hydrogen) atoms. The predicted octanol–water partition coefficient (Wildman–Crippen LogP) is 0.865. The van der Waals surface area contributed by atoms with Crippen LogP contribution in [0.15, 0.2) is 18.2 Å². The number of benzene rings is 1. The highest BCUT2D eigenvalue weighted by Gasteiger charge is 2.26. The molecule has 0 saturated carbocycles. The lowest BCUT2D eigenvalue weighted by molar-refractivity contribution is 0.251. The summed E-state index contributed by atoms with van der Waals surface area (Å²) in [5.74, 6) is -0.894. The van der Waals surface area contributed by atoms with Crippen LogP contribution in [-0.4, -0.2) is 17.8 Å². The first-order valence-corrected chi connectivity index (χ1v) is 4.77. The predicted molar refractivity (Wildman–Crippen MR) is 50.9 cm³/mol. The van der Waals surface area contributed by atoms with Gasteiger partial charge in [-0.3, -0.25) is 5.43 Å². The Balaban J connectivity index is 2.19. The molecule has 3 N–H and O–H groups in total. The first-order chi connectivity index (χ1) is 7.20. The zero-order valence-electron chi connectivity index (χ0n) is 8.00. The van der Waals surface area contributed by atoms with Crippen LogP contribution in [0.4, 0.5) is 8.78 Å². The van der Waals surface area contributed by atoms with Gasteiger partial charge in [0.2, 0.25) is 0 Å². The van der Waals surface area contributed by atoms with Gasteiger partial charge in [-0.25, -0.2) is 14.2 Å². The second kappa shape index (κ2) is 4.22. The number of halogens is 2. The fourth-order valence-electron chi connectivity index (χ4n) is 1.73. The molecule has 2 atom stereocenters. The molecule has 2 unspecified atom stereocenters. The average Bonchev–Trinajstić information content (AvgIpc) is 2.70. The fraction of sp³-hybridized carbons (Fsp3) is 0.400. The maximum absolute atomic E-state index is 13.4. The molecule has 2 rings (SSSR count). The van der Waals surface area contributed by atoms with E-state index in [0.717, 1.165) is 12.1 Å². The van der Waals surface area contributed by atoms with Crippen molar-refractivity contribution in [3.05, 3.63) is 35.4 Å². The fourth-order valence-corrected chi connectivity index (χ4v) is 1.73. The standard InChI is InChI=1S/C10H12F2N2O/c11-6-1-2-9(12)8(3-6)10-4-7(5-15)13-14-10/h1-3,7,10,13-15H,4-5H2. The lowest BCUT2D eigenvalue weighted by Crippen LogP contribution is -2.33. The molecule has 5 heteroatoms. The van der Waals surface area contributed by atoms with Crippen LogP contribution in [-0.2, 0) is 0 Å². The normalized spacial score (nSPS) is 25.8. The quantitative estimate of drug-likeness (QED) is 0.684. The Bertz CT molecular complexity index is 359. The summed E-state index contributed by atoms with van der Waals surface area (Å²) >= 11 is 0. The van der Waals surface area contributed by atoms with Gasteiger partial charge >= 0.3 is 0 Å². The average molecular weight is 214 g/mol. The molecular weight excluding hydrogens is 202 g/mol. The number of nitrogens with one attached hydrogen (secondary N) is 2. The largest absolute Gasteiger partial charge is 0.395 e. The zero-order valence-corrected chi connectivity index (χ0v) is 8.00. The summed E-state index contributed by atoms with van der Waals surface area (Å²) < 4.78 is 26.3. The van der Waals surface area contributed by atoms with E-state index in [1.54, 1.807) is 0 Å². The van der Waals surface area contributed by atoms with Crippen molar-refractivity contribution in [1.82, 2.24) is 10.9 Å². The van der Waals surface area contributed by atoms with E-state index in [-0.39, 0.29) is 18.7 Å². The summed E-state index contributed by atoms with van der Waals surface area (Å²) in [6.07, 6.45) is 0.539. The second-order valence-corrected chi connectivity index (χ2v) is 3.62. The number of hydrogen-bond acceptors (Lipinski definition) is 3. The third kappa shape index (κ3) is 2.14. The molecule has 1 aliphatic heterocycles. The number of rotatable bonds is 2. The van der Waals surface area contributed by atoms with Crippen molar-refractivity contribution in [2.75, 3.05) is 6.61 Å². The van der Waals surface area contributed by atoms with Crippen molar-refractivity contribution in [2.45, 2.75) is 18.5 Å². The number of aliphatic hydroxyl groups is 1. The Hall–Kier alpha value is -1.04. The molecule has 1 aromatic carbocycles. The van der Waals surface area contributed by atoms with Gasteiger partial charge in [-0.2, -0.15) is 0 Å². The van der Waals surface area contributed by atoms with E-state index in [0.29, 0.717) is 12.0 Å². The van der Waals surface area contributed by atoms with Crippen LogP contribution in [0.3, 0.4) is 0 Å². The molecule has 1 heterocycles. The highest BCUT2D eigenvalue weighted by Crippen LogP contribution is 2.24. The van der Waals surface area contributed by atoms with Gasteiger partial charge in [0.25, 0.3) is 0 Å². The van der Waals surface area contributed by atoms with Crippen LogP contribution < -0.4 is 10.9 Å². The second-order valence-electron chi connectivity index (χ2n) is 3.62. The highest BCUT2D eigenvalue weighted by molar-refractivity contribution is 5.23. The summed E-state index contributed by atoms with van der Waals surface area (Å²) in [5, 5.41) is 8.88. The molecule has 3 nitrogen and oxygen atoms in total. The van der Waals surface area contributed by atoms with E-state index < -0.39 is 11.6 Å². The topological polar surface area (TPSA) is 44.3 Å². The van der Waals surface area contributed by atoms with Crippen LogP contribution in [0, 0.1) is 11.6 Å². The van der Waals surface area contributed by atoms with Gasteiger partial charge in [-0.15, -0.1) is 0 Å². The van der Waals surface area contributed by atoms with E-state index in [4.69, 9.17) is 5.11 Å². The Morgan fingerprint density at radius 1 is 1.33 bits per heavy atom. The number of hydrazine groups is 1. The molecule has 0 bridgehead atoms. The summed E-state index contributed by atoms with van der Waals surface area (Å²) in [6.45, 7) is -0.0273. The summed E-state index contributed by atoms with van der Waals surface area (Å²) in [4.78, 5) is 0. The van der Waals surface area contributed by atoms with Gasteiger partial charge in [0.05, 0.1) is 12.6 Å². The third-order valence-corrected chi connectivity index (χ3v) is 2.54. The molecule has 1 fully saturated rings. The molecule has 0 aromatic heterocycles. The SMILES string of the molecule is OCC1CC(c2cc(F)ccc2F)NN1. The van der Waals surface area contributed by atoms with Crippen LogP contribution in [0.25, 0.3) is 0 Å². The lowest BCUT2D eigenvalue weighted by Gasteiger charge is -2.10. The van der Waals surface area contributed by atoms with Crippen LogP contribution >= 0.6 is 0 Å². The molecule has 82 valence electrons. The van der Waals surface area contributed by atoms with E-state index >= 15 is 0 Å². The Kier molecular flexibility index (Phi) is 2.95. The van der Waals surface area contributed by atoms with Gasteiger partial charge in [-0.05, 0) is 24.6 Å². The minimum atomic E-state index is -0.458. The van der Waals surface area contributed by atoms with Crippen LogP contribution in [0.5, 0.6) is 0 Å².